The van der Waals surface area contributed by atoms with Gasteiger partial charge in [-0.2, -0.15) is 0 Å². The average Bonchev–Trinajstić information content (AvgIpc) is 3.09. The minimum absolute atomic E-state index is 0.00668. The second kappa shape index (κ2) is 13.4. The summed E-state index contributed by atoms with van der Waals surface area (Å²) in [5.41, 5.74) is -0.179. The molecule has 0 unspecified atom stereocenters. The van der Waals surface area contributed by atoms with Crippen molar-refractivity contribution in [2.45, 2.75) is 174 Å². The van der Waals surface area contributed by atoms with Crippen LogP contribution in [0, 0.1) is 50.2 Å². The number of esters is 1. The zero-order chi connectivity index (χ0) is 39.6. The van der Waals surface area contributed by atoms with Gasteiger partial charge in [-0.15, -0.1) is 0 Å². The van der Waals surface area contributed by atoms with Crippen LogP contribution in [-0.2, 0) is 28.5 Å². The standard InChI is InChI=1S/C41H64O13/c1-36(2)14-16-41(35(50)54-33-29(46)26(43)22(42)19-51-33)17-15-39(6)20(21(41)18-36)8-9-24-38(5)12-11-25(37(3,4)23(38)10-13-40(24,39)7)52-34-30(47)27(44)28(45)31(53-34)32(48)49/h8,21-31,33-34,42-47H,9-19H2,1-7H3,(H,48,49)/t21-,22+,23-,24+,25-,26+,27-,28-,29+,30+,31-,33-,34+,38-,39+,40+,41-/m0/s1. The van der Waals surface area contributed by atoms with Gasteiger partial charge in [0.15, 0.2) is 12.4 Å². The number of aliphatic carboxylic acids is 1. The molecule has 0 bridgehead atoms. The smallest absolute Gasteiger partial charge is 0.335 e. The molecule has 0 aromatic heterocycles. The van der Waals surface area contributed by atoms with Gasteiger partial charge in [0, 0.05) is 0 Å². The summed E-state index contributed by atoms with van der Waals surface area (Å²) in [5, 5.41) is 72.0. The monoisotopic (exact) mass is 764 g/mol. The van der Waals surface area contributed by atoms with Gasteiger partial charge < -0.3 is 54.7 Å². The minimum atomic E-state index is -1.78. The van der Waals surface area contributed by atoms with E-state index in [1.165, 1.54) is 5.57 Å². The molecule has 0 spiro atoms. The Bertz CT molecular complexity index is 1510. The maximum atomic E-state index is 14.4. The van der Waals surface area contributed by atoms with Crippen molar-refractivity contribution in [3.63, 3.8) is 0 Å². The second-order valence-corrected chi connectivity index (χ2v) is 20.2. The molecule has 6 fully saturated rings. The molecule has 7 N–H and O–H groups in total. The first kappa shape index (κ1) is 40.5. The van der Waals surface area contributed by atoms with E-state index < -0.39 is 78.1 Å². The Morgan fingerprint density at radius 1 is 0.759 bits per heavy atom. The number of carbonyl (C=O) groups excluding carboxylic acids is 1. The first-order chi connectivity index (χ1) is 25.0. The van der Waals surface area contributed by atoms with Crippen LogP contribution >= 0.6 is 0 Å². The van der Waals surface area contributed by atoms with E-state index in [0.717, 1.165) is 44.9 Å². The number of aliphatic hydroxyl groups is 6. The van der Waals surface area contributed by atoms with Crippen molar-refractivity contribution in [3.05, 3.63) is 11.6 Å². The molecule has 2 heterocycles. The van der Waals surface area contributed by atoms with Gasteiger partial charge in [0.25, 0.3) is 0 Å². The fraction of sp³-hybridized carbons (Fsp3) is 0.902. The summed E-state index contributed by atoms with van der Waals surface area (Å²) in [5.74, 6) is -1.33. The Balaban J connectivity index is 1.16. The van der Waals surface area contributed by atoms with Crippen LogP contribution in [0.1, 0.15) is 113 Å². The van der Waals surface area contributed by atoms with Crippen LogP contribution in [-0.4, -0.2) is 116 Å². The minimum Gasteiger partial charge on any atom is -0.479 e. The second-order valence-electron chi connectivity index (χ2n) is 20.2. The van der Waals surface area contributed by atoms with Crippen LogP contribution in [0.3, 0.4) is 0 Å². The summed E-state index contributed by atoms with van der Waals surface area (Å²) in [6.45, 7) is 16.0. The van der Waals surface area contributed by atoms with Gasteiger partial charge in [0.1, 0.15) is 36.6 Å². The molecule has 54 heavy (non-hydrogen) atoms. The van der Waals surface area contributed by atoms with Gasteiger partial charge in [-0.3, -0.25) is 4.79 Å². The molecule has 0 radical (unpaired) electrons. The largest absolute Gasteiger partial charge is 0.479 e. The van der Waals surface area contributed by atoms with E-state index in [1.807, 2.05) is 0 Å². The summed E-state index contributed by atoms with van der Waals surface area (Å²) < 4.78 is 23.4. The number of rotatable bonds is 5. The van der Waals surface area contributed by atoms with Gasteiger partial charge in [-0.1, -0.05) is 60.1 Å². The Hall–Kier alpha value is -1.68. The zero-order valence-electron chi connectivity index (χ0n) is 32.9. The molecule has 5 aliphatic carbocycles. The number of hydrogen-bond donors (Lipinski definition) is 7. The number of allylic oxidation sites excluding steroid dienone is 2. The maximum Gasteiger partial charge on any atom is 0.335 e. The first-order valence-corrected chi connectivity index (χ1v) is 20.2. The van der Waals surface area contributed by atoms with Crippen LogP contribution in [0.15, 0.2) is 11.6 Å². The lowest BCUT2D eigenvalue weighted by Gasteiger charge is -2.71. The lowest BCUT2D eigenvalue weighted by Crippen LogP contribution is -2.66. The predicted molar refractivity (Wildman–Crippen MR) is 192 cm³/mol. The van der Waals surface area contributed by atoms with Crippen LogP contribution in [0.25, 0.3) is 0 Å². The summed E-state index contributed by atoms with van der Waals surface area (Å²) in [6, 6.07) is 0. The van der Waals surface area contributed by atoms with Gasteiger partial charge in [0.05, 0.1) is 18.1 Å². The highest BCUT2D eigenvalue weighted by molar-refractivity contribution is 5.79. The van der Waals surface area contributed by atoms with Crippen molar-refractivity contribution in [1.29, 1.82) is 0 Å². The number of ether oxygens (including phenoxy) is 4. The SMILES string of the molecule is CC1(C)CC[C@]2(C(=O)O[C@@H]3OC[C@@H](O)[C@@H](O)[C@H]3O)CC[C@]3(C)C(=CC[C@@H]4[C@@]5(C)CC[C@H](O[C@@H]6O[C@H](C(=O)O)[C@@H](O)[C@H](O)[C@H]6O)C(C)(C)[C@@H]5CC[C@]43C)[C@@H]2C1. The molecule has 0 amide bonds. The highest BCUT2D eigenvalue weighted by Crippen LogP contribution is 2.76. The molecule has 13 nitrogen and oxygen atoms in total. The number of carbonyl (C=O) groups is 2. The Labute approximate surface area is 318 Å². The third-order valence-corrected chi connectivity index (χ3v) is 16.8. The van der Waals surface area contributed by atoms with E-state index in [0.29, 0.717) is 25.2 Å². The van der Waals surface area contributed by atoms with Crippen molar-refractivity contribution in [2.24, 2.45) is 50.2 Å². The highest BCUT2D eigenvalue weighted by atomic mass is 16.7. The Morgan fingerprint density at radius 3 is 2.11 bits per heavy atom. The third kappa shape index (κ3) is 5.88. The van der Waals surface area contributed by atoms with Gasteiger partial charge in [-0.25, -0.2) is 4.79 Å². The molecule has 2 aliphatic heterocycles. The molecule has 7 aliphatic rings. The maximum absolute atomic E-state index is 14.4. The number of hydrogen-bond acceptors (Lipinski definition) is 12. The molecule has 0 aromatic rings. The summed E-state index contributed by atoms with van der Waals surface area (Å²) in [7, 11) is 0. The third-order valence-electron chi connectivity index (χ3n) is 16.8. The molecule has 17 atom stereocenters. The van der Waals surface area contributed by atoms with E-state index in [-0.39, 0.29) is 46.2 Å². The van der Waals surface area contributed by atoms with E-state index in [9.17, 15) is 45.3 Å². The molecular weight excluding hydrogens is 700 g/mol. The molecule has 0 aromatic carbocycles. The molecule has 13 heteroatoms. The van der Waals surface area contributed by atoms with E-state index >= 15 is 0 Å². The summed E-state index contributed by atoms with van der Waals surface area (Å²) >= 11 is 0. The van der Waals surface area contributed by atoms with Crippen molar-refractivity contribution < 1.29 is 64.3 Å². The van der Waals surface area contributed by atoms with Crippen LogP contribution in [0.4, 0.5) is 0 Å². The Morgan fingerprint density at radius 2 is 1.43 bits per heavy atom. The topological polar surface area (TPSA) is 213 Å². The van der Waals surface area contributed by atoms with Crippen molar-refractivity contribution in [1.82, 2.24) is 0 Å². The predicted octanol–water partition coefficient (Wildman–Crippen LogP) is 3.05. The van der Waals surface area contributed by atoms with Crippen LogP contribution in [0.5, 0.6) is 0 Å². The number of carboxylic acid groups (broad SMARTS) is 1. The number of fused-ring (bicyclic) bond motifs is 7. The summed E-state index contributed by atoms with van der Waals surface area (Å²) in [4.78, 5) is 26.2. The van der Waals surface area contributed by atoms with E-state index in [4.69, 9.17) is 18.9 Å². The molecule has 7 rings (SSSR count). The highest BCUT2D eigenvalue weighted by Gasteiger charge is 2.70. The fourth-order valence-corrected chi connectivity index (χ4v) is 13.3. The first-order valence-electron chi connectivity index (χ1n) is 20.2. The van der Waals surface area contributed by atoms with Crippen LogP contribution in [0.2, 0.25) is 0 Å². The van der Waals surface area contributed by atoms with Crippen molar-refractivity contribution in [2.75, 3.05) is 6.61 Å². The van der Waals surface area contributed by atoms with Gasteiger partial charge in [0.2, 0.25) is 6.29 Å². The van der Waals surface area contributed by atoms with Crippen molar-refractivity contribution >= 4 is 11.9 Å². The summed E-state index contributed by atoms with van der Waals surface area (Å²) in [6.07, 6.45) is -3.74. The number of carboxylic acids is 1. The molecular formula is C41H64O13. The quantitative estimate of drug-likeness (QED) is 0.122. The van der Waals surface area contributed by atoms with Crippen LogP contribution < -0.4 is 0 Å². The normalized spacial score (nSPS) is 52.4. The molecule has 4 saturated carbocycles. The molecule has 306 valence electrons. The van der Waals surface area contributed by atoms with Gasteiger partial charge in [-0.05, 0) is 109 Å². The molecule has 2 saturated heterocycles. The van der Waals surface area contributed by atoms with E-state index in [2.05, 4.69) is 54.5 Å². The van der Waals surface area contributed by atoms with Crippen molar-refractivity contribution in [3.8, 4) is 0 Å². The lowest BCUT2D eigenvalue weighted by atomic mass is 9.33. The number of aliphatic hydroxyl groups excluding tert-OH is 6. The Kier molecular flexibility index (Phi) is 10.1. The lowest BCUT2D eigenvalue weighted by molar-refractivity contribution is -0.324. The fourth-order valence-electron chi connectivity index (χ4n) is 13.3. The van der Waals surface area contributed by atoms with Gasteiger partial charge >= 0.3 is 11.9 Å². The zero-order valence-corrected chi connectivity index (χ0v) is 32.9. The van der Waals surface area contributed by atoms with E-state index in [1.54, 1.807) is 0 Å². The average molecular weight is 765 g/mol.